The van der Waals surface area contributed by atoms with E-state index in [1.165, 1.54) is 12.1 Å². The van der Waals surface area contributed by atoms with Gasteiger partial charge in [0.2, 0.25) is 0 Å². The van der Waals surface area contributed by atoms with Crippen LogP contribution < -0.4 is 0 Å². The van der Waals surface area contributed by atoms with Crippen molar-refractivity contribution in [3.05, 3.63) is 70.0 Å². The fraction of sp³-hybridized carbons (Fsp3) is 0.294. The highest BCUT2D eigenvalue weighted by Gasteiger charge is 2.22. The van der Waals surface area contributed by atoms with Crippen LogP contribution in [0.3, 0.4) is 0 Å². The average Bonchev–Trinajstić information content (AvgIpc) is 2.35. The van der Waals surface area contributed by atoms with Crippen LogP contribution in [0.15, 0.2) is 42.5 Å². The number of hydrogen-bond donors (Lipinski definition) is 1. The standard InChI is InChI=1S/C17H18ClFO/c1-12-9-16(19)8-5-14(12)11-17(2,20)10-13-3-6-15(18)7-4-13/h3-9,20H,10-11H2,1-2H3. The van der Waals surface area contributed by atoms with Crippen molar-refractivity contribution >= 4 is 11.6 Å². The van der Waals surface area contributed by atoms with Gasteiger partial charge < -0.3 is 5.11 Å². The SMILES string of the molecule is Cc1cc(F)ccc1CC(C)(O)Cc1ccc(Cl)cc1. The number of benzene rings is 2. The highest BCUT2D eigenvalue weighted by atomic mass is 35.5. The van der Waals surface area contributed by atoms with E-state index >= 15 is 0 Å². The molecular formula is C17H18ClFO. The van der Waals surface area contributed by atoms with Gasteiger partial charge in [-0.3, -0.25) is 0 Å². The Hall–Kier alpha value is -1.38. The van der Waals surface area contributed by atoms with Crippen molar-refractivity contribution in [2.24, 2.45) is 0 Å². The summed E-state index contributed by atoms with van der Waals surface area (Å²) in [5, 5.41) is 11.2. The van der Waals surface area contributed by atoms with Crippen molar-refractivity contribution in [1.82, 2.24) is 0 Å². The number of halogens is 2. The lowest BCUT2D eigenvalue weighted by molar-refractivity contribution is 0.0606. The van der Waals surface area contributed by atoms with Gasteiger partial charge in [-0.05, 0) is 54.8 Å². The lowest BCUT2D eigenvalue weighted by atomic mass is 9.88. The molecule has 20 heavy (non-hydrogen) atoms. The Labute approximate surface area is 124 Å². The highest BCUT2D eigenvalue weighted by molar-refractivity contribution is 6.30. The fourth-order valence-electron chi connectivity index (χ4n) is 2.37. The maximum absolute atomic E-state index is 13.1. The van der Waals surface area contributed by atoms with E-state index in [4.69, 9.17) is 11.6 Å². The van der Waals surface area contributed by atoms with E-state index in [2.05, 4.69) is 0 Å². The van der Waals surface area contributed by atoms with Crippen LogP contribution in [0.2, 0.25) is 5.02 Å². The maximum Gasteiger partial charge on any atom is 0.123 e. The molecule has 1 atom stereocenters. The summed E-state index contributed by atoms with van der Waals surface area (Å²) in [5.74, 6) is -0.247. The third-order valence-electron chi connectivity index (χ3n) is 3.37. The average molecular weight is 293 g/mol. The molecule has 2 rings (SSSR count). The van der Waals surface area contributed by atoms with Crippen LogP contribution in [0.1, 0.15) is 23.6 Å². The zero-order valence-corrected chi connectivity index (χ0v) is 12.4. The van der Waals surface area contributed by atoms with Gasteiger partial charge in [0.15, 0.2) is 0 Å². The van der Waals surface area contributed by atoms with E-state index < -0.39 is 5.60 Å². The first-order valence-electron chi connectivity index (χ1n) is 6.58. The lowest BCUT2D eigenvalue weighted by Crippen LogP contribution is -2.30. The monoisotopic (exact) mass is 292 g/mol. The quantitative estimate of drug-likeness (QED) is 0.889. The molecule has 1 nitrogen and oxygen atoms in total. The molecule has 0 fully saturated rings. The summed E-state index contributed by atoms with van der Waals surface area (Å²) in [5.41, 5.74) is 1.97. The van der Waals surface area contributed by atoms with Gasteiger partial charge >= 0.3 is 0 Å². The van der Waals surface area contributed by atoms with Crippen LogP contribution in [0, 0.1) is 12.7 Å². The molecule has 1 N–H and O–H groups in total. The number of hydrogen-bond acceptors (Lipinski definition) is 1. The lowest BCUT2D eigenvalue weighted by Gasteiger charge is -2.24. The molecule has 0 amide bonds. The van der Waals surface area contributed by atoms with Crippen LogP contribution >= 0.6 is 11.6 Å². The molecule has 0 saturated heterocycles. The molecule has 1 unspecified atom stereocenters. The summed E-state index contributed by atoms with van der Waals surface area (Å²) in [6.07, 6.45) is 1.02. The molecule has 106 valence electrons. The van der Waals surface area contributed by atoms with E-state index in [0.29, 0.717) is 17.9 Å². The van der Waals surface area contributed by atoms with E-state index in [-0.39, 0.29) is 5.82 Å². The molecule has 0 radical (unpaired) electrons. The first-order chi connectivity index (χ1) is 9.35. The van der Waals surface area contributed by atoms with Crippen molar-refractivity contribution in [1.29, 1.82) is 0 Å². The van der Waals surface area contributed by atoms with Crippen molar-refractivity contribution in [2.75, 3.05) is 0 Å². The minimum atomic E-state index is -0.879. The van der Waals surface area contributed by atoms with Crippen LogP contribution in [0.5, 0.6) is 0 Å². The molecule has 3 heteroatoms. The molecule has 0 bridgehead atoms. The van der Waals surface area contributed by atoms with Crippen molar-refractivity contribution in [2.45, 2.75) is 32.3 Å². The Morgan fingerprint density at radius 1 is 1.10 bits per heavy atom. The molecule has 0 saturated carbocycles. The Morgan fingerprint density at radius 2 is 1.75 bits per heavy atom. The normalized spacial score (nSPS) is 14.1. The molecule has 0 aliphatic rings. The fourth-order valence-corrected chi connectivity index (χ4v) is 2.50. The summed E-state index contributed by atoms with van der Waals surface area (Å²) in [6.45, 7) is 3.65. The summed E-state index contributed by atoms with van der Waals surface area (Å²) < 4.78 is 13.1. The minimum Gasteiger partial charge on any atom is -0.389 e. The Balaban J connectivity index is 2.12. The van der Waals surface area contributed by atoms with Crippen LogP contribution in [-0.2, 0) is 12.8 Å². The molecule has 0 spiro atoms. The second-order valence-corrected chi connectivity index (χ2v) is 5.98. The van der Waals surface area contributed by atoms with Crippen molar-refractivity contribution in [3.63, 3.8) is 0 Å². The predicted molar refractivity (Wildman–Crippen MR) is 80.6 cm³/mol. The zero-order valence-electron chi connectivity index (χ0n) is 11.7. The highest BCUT2D eigenvalue weighted by Crippen LogP contribution is 2.22. The second kappa shape index (κ2) is 5.94. The number of rotatable bonds is 4. The van der Waals surface area contributed by atoms with Gasteiger partial charge in [0.05, 0.1) is 5.60 Å². The summed E-state index contributed by atoms with van der Waals surface area (Å²) >= 11 is 5.85. The van der Waals surface area contributed by atoms with Gasteiger partial charge in [0.25, 0.3) is 0 Å². The van der Waals surface area contributed by atoms with Crippen LogP contribution in [0.25, 0.3) is 0 Å². The predicted octanol–water partition coefficient (Wildman–Crippen LogP) is 4.32. The largest absolute Gasteiger partial charge is 0.389 e. The van der Waals surface area contributed by atoms with Crippen molar-refractivity contribution in [3.8, 4) is 0 Å². The second-order valence-electron chi connectivity index (χ2n) is 5.55. The van der Waals surface area contributed by atoms with E-state index in [9.17, 15) is 9.50 Å². The Morgan fingerprint density at radius 3 is 2.35 bits per heavy atom. The van der Waals surface area contributed by atoms with E-state index in [1.54, 1.807) is 13.0 Å². The zero-order chi connectivity index (χ0) is 14.8. The minimum absolute atomic E-state index is 0.247. The molecule has 0 heterocycles. The first-order valence-corrected chi connectivity index (χ1v) is 6.95. The summed E-state index contributed by atoms with van der Waals surface area (Å²) in [7, 11) is 0. The third kappa shape index (κ3) is 4.06. The van der Waals surface area contributed by atoms with E-state index in [1.807, 2.05) is 31.2 Å². The van der Waals surface area contributed by atoms with Crippen LogP contribution in [-0.4, -0.2) is 10.7 Å². The van der Waals surface area contributed by atoms with Gasteiger partial charge in [-0.25, -0.2) is 4.39 Å². The van der Waals surface area contributed by atoms with Gasteiger partial charge in [-0.15, -0.1) is 0 Å². The smallest absolute Gasteiger partial charge is 0.123 e. The van der Waals surface area contributed by atoms with Crippen molar-refractivity contribution < 1.29 is 9.50 Å². The summed E-state index contributed by atoms with van der Waals surface area (Å²) in [6, 6.07) is 12.1. The molecule has 0 aromatic heterocycles. The summed E-state index contributed by atoms with van der Waals surface area (Å²) in [4.78, 5) is 0. The number of aliphatic hydroxyl groups is 1. The third-order valence-corrected chi connectivity index (χ3v) is 3.63. The maximum atomic E-state index is 13.1. The molecule has 2 aromatic rings. The molecule has 0 aliphatic carbocycles. The number of aryl methyl sites for hydroxylation is 1. The Bertz CT molecular complexity index is 590. The first kappa shape index (κ1) is 15.0. The molecule has 2 aromatic carbocycles. The van der Waals surface area contributed by atoms with Crippen LogP contribution in [0.4, 0.5) is 4.39 Å². The van der Waals surface area contributed by atoms with E-state index in [0.717, 1.165) is 16.7 Å². The molecule has 0 aliphatic heterocycles. The van der Waals surface area contributed by atoms with Gasteiger partial charge in [-0.1, -0.05) is 29.8 Å². The Kier molecular flexibility index (Phi) is 4.46. The van der Waals surface area contributed by atoms with Gasteiger partial charge in [0, 0.05) is 17.9 Å². The topological polar surface area (TPSA) is 20.2 Å². The van der Waals surface area contributed by atoms with Gasteiger partial charge in [0.1, 0.15) is 5.82 Å². The van der Waals surface area contributed by atoms with Gasteiger partial charge in [-0.2, -0.15) is 0 Å². The molecular weight excluding hydrogens is 275 g/mol.